The molecule has 2 rings (SSSR count). The van der Waals surface area contributed by atoms with E-state index in [1.165, 1.54) is 0 Å². The summed E-state index contributed by atoms with van der Waals surface area (Å²) in [6.45, 7) is 5.40. The zero-order valence-electron chi connectivity index (χ0n) is 17.5. The van der Waals surface area contributed by atoms with Crippen LogP contribution in [0.2, 0.25) is 5.02 Å². The molecule has 0 aliphatic heterocycles. The Balaban J connectivity index is 1.81. The van der Waals surface area contributed by atoms with Crippen molar-refractivity contribution in [3.8, 4) is 0 Å². The van der Waals surface area contributed by atoms with Crippen LogP contribution in [0.5, 0.6) is 0 Å². The molecule has 6 nitrogen and oxygen atoms in total. The summed E-state index contributed by atoms with van der Waals surface area (Å²) >= 11 is 6.06. The summed E-state index contributed by atoms with van der Waals surface area (Å²) < 4.78 is 0. The van der Waals surface area contributed by atoms with E-state index in [-0.39, 0.29) is 24.9 Å². The molecule has 0 aliphatic carbocycles. The molecule has 2 N–H and O–H groups in total. The van der Waals surface area contributed by atoms with Gasteiger partial charge in [-0.3, -0.25) is 14.5 Å². The number of nitrogens with one attached hydrogen (secondary N) is 2. The summed E-state index contributed by atoms with van der Waals surface area (Å²) in [6.07, 6.45) is 0. The summed E-state index contributed by atoms with van der Waals surface area (Å²) in [6, 6.07) is 13.6. The van der Waals surface area contributed by atoms with Crippen LogP contribution in [0.25, 0.3) is 0 Å². The fourth-order valence-corrected chi connectivity index (χ4v) is 2.99. The maximum absolute atomic E-state index is 12.3. The van der Waals surface area contributed by atoms with E-state index >= 15 is 0 Å². The Bertz CT molecular complexity index is 837. The summed E-state index contributed by atoms with van der Waals surface area (Å²) in [5.74, 6) is -0.472. The molecule has 2 aromatic rings. The highest BCUT2D eigenvalue weighted by atomic mass is 35.5. The van der Waals surface area contributed by atoms with Gasteiger partial charge in [-0.25, -0.2) is 0 Å². The largest absolute Gasteiger partial charge is 0.378 e. The van der Waals surface area contributed by atoms with Gasteiger partial charge in [-0.2, -0.15) is 0 Å². The number of likely N-dealkylation sites (N-methyl/N-ethyl adjacent to an activating group) is 1. The Morgan fingerprint density at radius 2 is 1.72 bits per heavy atom. The van der Waals surface area contributed by atoms with Crippen molar-refractivity contribution in [1.82, 2.24) is 10.2 Å². The van der Waals surface area contributed by atoms with Gasteiger partial charge in [0, 0.05) is 37.0 Å². The highest BCUT2D eigenvalue weighted by Gasteiger charge is 2.12. The molecule has 0 fully saturated rings. The van der Waals surface area contributed by atoms with Crippen LogP contribution in [0.4, 0.5) is 11.4 Å². The topological polar surface area (TPSA) is 64.7 Å². The van der Waals surface area contributed by atoms with Crippen molar-refractivity contribution in [2.45, 2.75) is 20.4 Å². The number of benzene rings is 2. The Kier molecular flexibility index (Phi) is 8.49. The molecule has 156 valence electrons. The number of hydrogen-bond donors (Lipinski definition) is 2. The predicted molar refractivity (Wildman–Crippen MR) is 120 cm³/mol. The molecule has 0 radical (unpaired) electrons. The van der Waals surface area contributed by atoms with E-state index in [0.717, 1.165) is 23.4 Å². The fraction of sp³-hybridized carbons (Fsp3) is 0.364. The lowest BCUT2D eigenvalue weighted by molar-refractivity contribution is -0.125. The van der Waals surface area contributed by atoms with E-state index in [2.05, 4.69) is 34.9 Å². The molecule has 2 amide bonds. The molecule has 0 saturated heterocycles. The van der Waals surface area contributed by atoms with Crippen LogP contribution in [0, 0.1) is 6.92 Å². The number of amides is 2. The normalized spacial score (nSPS) is 10.7. The van der Waals surface area contributed by atoms with Crippen molar-refractivity contribution < 1.29 is 9.59 Å². The molecule has 0 aromatic heterocycles. The van der Waals surface area contributed by atoms with Crippen LogP contribution in [0.15, 0.2) is 42.5 Å². The van der Waals surface area contributed by atoms with Gasteiger partial charge in [0.25, 0.3) is 0 Å². The van der Waals surface area contributed by atoms with Crippen molar-refractivity contribution >= 4 is 34.8 Å². The summed E-state index contributed by atoms with van der Waals surface area (Å²) in [5, 5.41) is 6.04. The molecule has 0 bridgehead atoms. The Labute approximate surface area is 177 Å². The average Bonchev–Trinajstić information content (AvgIpc) is 2.69. The second kappa shape index (κ2) is 10.8. The van der Waals surface area contributed by atoms with Gasteiger partial charge in [0.2, 0.25) is 11.8 Å². The maximum atomic E-state index is 12.3. The Morgan fingerprint density at radius 1 is 1.03 bits per heavy atom. The first-order valence-corrected chi connectivity index (χ1v) is 9.98. The zero-order valence-corrected chi connectivity index (χ0v) is 18.2. The van der Waals surface area contributed by atoms with Gasteiger partial charge >= 0.3 is 0 Å². The molecule has 0 atom stereocenters. The summed E-state index contributed by atoms with van der Waals surface area (Å²) in [4.78, 5) is 28.5. The molecule has 0 unspecified atom stereocenters. The zero-order chi connectivity index (χ0) is 21.4. The van der Waals surface area contributed by atoms with Gasteiger partial charge in [-0.15, -0.1) is 0 Å². The van der Waals surface area contributed by atoms with Crippen molar-refractivity contribution in [2.75, 3.05) is 43.9 Å². The van der Waals surface area contributed by atoms with E-state index in [9.17, 15) is 9.59 Å². The van der Waals surface area contributed by atoms with E-state index in [4.69, 9.17) is 11.6 Å². The number of rotatable bonds is 9. The molecule has 29 heavy (non-hydrogen) atoms. The molecular weight excluding hydrogens is 388 g/mol. The number of nitrogens with zero attached hydrogens (tertiary/aromatic N) is 2. The molecule has 7 heteroatoms. The van der Waals surface area contributed by atoms with Gasteiger partial charge in [0.15, 0.2) is 0 Å². The number of anilines is 2. The van der Waals surface area contributed by atoms with Crippen LogP contribution in [-0.2, 0) is 16.1 Å². The molecular formula is C22H29ClN4O2. The van der Waals surface area contributed by atoms with Gasteiger partial charge in [-0.1, -0.05) is 36.7 Å². The van der Waals surface area contributed by atoms with Gasteiger partial charge in [0.05, 0.1) is 13.1 Å². The number of carbonyl (C=O) groups is 2. The van der Waals surface area contributed by atoms with Crippen LogP contribution in [0.1, 0.15) is 18.1 Å². The first kappa shape index (κ1) is 22.7. The Hall–Kier alpha value is -2.57. The van der Waals surface area contributed by atoms with E-state index in [0.29, 0.717) is 17.3 Å². The van der Waals surface area contributed by atoms with Crippen molar-refractivity contribution in [1.29, 1.82) is 0 Å². The number of hydrogen-bond acceptors (Lipinski definition) is 4. The van der Waals surface area contributed by atoms with E-state index in [1.54, 1.807) is 18.2 Å². The maximum Gasteiger partial charge on any atom is 0.243 e. The number of carbonyl (C=O) groups excluding carboxylic acids is 2. The molecule has 0 saturated carbocycles. The highest BCUT2D eigenvalue weighted by molar-refractivity contribution is 6.31. The van der Waals surface area contributed by atoms with Crippen LogP contribution in [-0.4, -0.2) is 50.4 Å². The molecule has 2 aromatic carbocycles. The third-order valence-electron chi connectivity index (χ3n) is 4.66. The SMILES string of the molecule is CCN(CC(=O)NCC(=O)Nc1cccc(Cl)c1C)Cc1ccc(N(C)C)cc1. The number of halogens is 1. The minimum absolute atomic E-state index is 0.0835. The van der Waals surface area contributed by atoms with Crippen LogP contribution in [0.3, 0.4) is 0 Å². The first-order valence-electron chi connectivity index (χ1n) is 9.60. The van der Waals surface area contributed by atoms with Gasteiger partial charge in [0.1, 0.15) is 0 Å². The first-order chi connectivity index (χ1) is 13.8. The van der Waals surface area contributed by atoms with Gasteiger partial charge < -0.3 is 15.5 Å². The van der Waals surface area contributed by atoms with E-state index in [1.807, 2.05) is 37.7 Å². The quantitative estimate of drug-likeness (QED) is 0.658. The standard InChI is InChI=1S/C22H29ClN4O2/c1-5-27(14-17-9-11-18(12-10-17)26(3)4)15-22(29)24-13-21(28)25-20-8-6-7-19(23)16(20)2/h6-12H,5,13-15H2,1-4H3,(H,24,29)(H,25,28). The molecule has 0 spiro atoms. The second-order valence-corrected chi connectivity index (χ2v) is 7.51. The fourth-order valence-electron chi connectivity index (χ4n) is 2.81. The van der Waals surface area contributed by atoms with Crippen molar-refractivity contribution in [2.24, 2.45) is 0 Å². The van der Waals surface area contributed by atoms with Crippen molar-refractivity contribution in [3.05, 3.63) is 58.6 Å². The van der Waals surface area contributed by atoms with Crippen LogP contribution >= 0.6 is 11.6 Å². The lowest BCUT2D eigenvalue weighted by Gasteiger charge is -2.20. The minimum Gasteiger partial charge on any atom is -0.378 e. The van der Waals surface area contributed by atoms with E-state index < -0.39 is 0 Å². The Morgan fingerprint density at radius 3 is 2.34 bits per heavy atom. The molecule has 0 heterocycles. The molecule has 0 aliphatic rings. The minimum atomic E-state index is -0.286. The third-order valence-corrected chi connectivity index (χ3v) is 5.07. The lowest BCUT2D eigenvalue weighted by Crippen LogP contribution is -2.40. The lowest BCUT2D eigenvalue weighted by atomic mass is 10.2. The van der Waals surface area contributed by atoms with Crippen LogP contribution < -0.4 is 15.5 Å². The monoisotopic (exact) mass is 416 g/mol. The predicted octanol–water partition coefficient (Wildman–Crippen LogP) is 3.29. The van der Waals surface area contributed by atoms with Gasteiger partial charge in [-0.05, 0) is 48.9 Å². The third kappa shape index (κ3) is 7.07. The van der Waals surface area contributed by atoms with Crippen molar-refractivity contribution in [3.63, 3.8) is 0 Å². The second-order valence-electron chi connectivity index (χ2n) is 7.10. The smallest absolute Gasteiger partial charge is 0.243 e. The summed E-state index contributed by atoms with van der Waals surface area (Å²) in [5.41, 5.74) is 3.72. The highest BCUT2D eigenvalue weighted by Crippen LogP contribution is 2.22. The average molecular weight is 417 g/mol. The summed E-state index contributed by atoms with van der Waals surface area (Å²) in [7, 11) is 4.00.